The zero-order chi connectivity index (χ0) is 8.69. The van der Waals surface area contributed by atoms with Crippen LogP contribution in [0, 0.1) is 5.92 Å². The Kier molecular flexibility index (Phi) is 6.98. The van der Waals surface area contributed by atoms with E-state index in [0.29, 0.717) is 5.92 Å². The van der Waals surface area contributed by atoms with Crippen molar-refractivity contribution in [3.8, 4) is 0 Å². The number of hydrogen-bond donors (Lipinski definition) is 0. The summed E-state index contributed by atoms with van der Waals surface area (Å²) in [5.41, 5.74) is 1.33. The highest BCUT2D eigenvalue weighted by molar-refractivity contribution is 9.09. The van der Waals surface area contributed by atoms with Gasteiger partial charge in [-0.2, -0.15) is 0 Å². The van der Waals surface area contributed by atoms with E-state index in [1.54, 1.807) is 0 Å². The van der Waals surface area contributed by atoms with Gasteiger partial charge in [0.1, 0.15) is 0 Å². The molecule has 0 saturated carbocycles. The number of alkyl halides is 1. The molecule has 0 aromatic rings. The maximum Gasteiger partial charge on any atom is 0.0650 e. The number of hydrogen-bond acceptors (Lipinski definition) is 1. The van der Waals surface area contributed by atoms with Gasteiger partial charge in [-0.05, 0) is 12.8 Å². The van der Waals surface area contributed by atoms with E-state index in [1.807, 2.05) is 0 Å². The fraction of sp³-hybridized carbons (Fsp3) is 0.778. The third-order valence-electron chi connectivity index (χ3n) is 1.21. The Morgan fingerprint density at radius 2 is 2.18 bits per heavy atom. The summed E-state index contributed by atoms with van der Waals surface area (Å²) in [6, 6.07) is 0. The van der Waals surface area contributed by atoms with Crippen LogP contribution < -0.4 is 0 Å². The average molecular weight is 221 g/mol. The molecular formula is C9H17BrO. The van der Waals surface area contributed by atoms with Gasteiger partial charge in [0.15, 0.2) is 0 Å². The van der Waals surface area contributed by atoms with Crippen molar-refractivity contribution in [2.24, 2.45) is 5.92 Å². The fourth-order valence-electron chi connectivity index (χ4n) is 0.559. The molecule has 0 aliphatic rings. The summed E-state index contributed by atoms with van der Waals surface area (Å²) in [5, 5.41) is 0.942. The van der Waals surface area contributed by atoms with Gasteiger partial charge in [0.05, 0.1) is 6.61 Å². The Balaban J connectivity index is 3.26. The minimum absolute atomic E-state index is 0.632. The molecule has 1 nitrogen and oxygen atoms in total. The molecule has 2 heteroatoms. The van der Waals surface area contributed by atoms with Gasteiger partial charge in [-0.1, -0.05) is 41.4 Å². The molecule has 0 N–H and O–H groups in total. The number of rotatable bonds is 5. The summed E-state index contributed by atoms with van der Waals surface area (Å²) in [6.07, 6.45) is 2.11. The number of allylic oxidation sites excluding steroid dienone is 1. The van der Waals surface area contributed by atoms with Crippen LogP contribution in [0.4, 0.5) is 0 Å². The van der Waals surface area contributed by atoms with Crippen molar-refractivity contribution in [3.63, 3.8) is 0 Å². The summed E-state index contributed by atoms with van der Waals surface area (Å²) >= 11 is 3.37. The lowest BCUT2D eigenvalue weighted by atomic mass is 10.2. The minimum atomic E-state index is 0.632. The highest BCUT2D eigenvalue weighted by Crippen LogP contribution is 1.98. The third kappa shape index (κ3) is 8.08. The first-order valence-corrected chi connectivity index (χ1v) is 5.08. The summed E-state index contributed by atoms with van der Waals surface area (Å²) in [7, 11) is 0. The van der Waals surface area contributed by atoms with Gasteiger partial charge in [-0.15, -0.1) is 0 Å². The van der Waals surface area contributed by atoms with Crippen LogP contribution in [-0.4, -0.2) is 18.5 Å². The Morgan fingerprint density at radius 3 is 2.64 bits per heavy atom. The maximum absolute atomic E-state index is 5.37. The molecular weight excluding hydrogens is 204 g/mol. The van der Waals surface area contributed by atoms with Gasteiger partial charge in [0.25, 0.3) is 0 Å². The second kappa shape index (κ2) is 6.86. The Hall–Kier alpha value is 0.180. The number of ether oxygens (including phenoxy) is 1. The molecule has 0 atom stereocenters. The molecule has 0 fully saturated rings. The van der Waals surface area contributed by atoms with E-state index in [9.17, 15) is 0 Å². The minimum Gasteiger partial charge on any atom is -0.377 e. The van der Waals surface area contributed by atoms with Crippen LogP contribution in [0.3, 0.4) is 0 Å². The molecule has 0 radical (unpaired) electrons. The van der Waals surface area contributed by atoms with Gasteiger partial charge in [0.2, 0.25) is 0 Å². The fourth-order valence-corrected chi connectivity index (χ4v) is 0.788. The van der Waals surface area contributed by atoms with Crippen molar-refractivity contribution in [1.82, 2.24) is 0 Å². The van der Waals surface area contributed by atoms with Crippen LogP contribution in [0.1, 0.15) is 20.8 Å². The van der Waals surface area contributed by atoms with Crippen LogP contribution >= 0.6 is 15.9 Å². The van der Waals surface area contributed by atoms with Crippen LogP contribution in [0.15, 0.2) is 11.6 Å². The molecule has 0 aliphatic heterocycles. The van der Waals surface area contributed by atoms with E-state index in [2.05, 4.69) is 42.8 Å². The SMILES string of the molecule is CC(=CCOCC(C)C)CBr. The smallest absolute Gasteiger partial charge is 0.0650 e. The Bertz CT molecular complexity index is 119. The molecule has 66 valence electrons. The largest absolute Gasteiger partial charge is 0.377 e. The lowest BCUT2D eigenvalue weighted by molar-refractivity contribution is 0.134. The van der Waals surface area contributed by atoms with E-state index >= 15 is 0 Å². The first-order valence-electron chi connectivity index (χ1n) is 3.96. The van der Waals surface area contributed by atoms with Crippen LogP contribution in [0.5, 0.6) is 0 Å². The van der Waals surface area contributed by atoms with Crippen molar-refractivity contribution >= 4 is 15.9 Å². The Labute approximate surface area is 78.0 Å². The first kappa shape index (κ1) is 11.2. The standard InChI is InChI=1S/C9H17BrO/c1-8(2)7-11-5-4-9(3)6-10/h4,8H,5-7H2,1-3H3. The van der Waals surface area contributed by atoms with E-state index in [0.717, 1.165) is 18.5 Å². The maximum atomic E-state index is 5.37. The first-order chi connectivity index (χ1) is 5.16. The molecule has 0 saturated heterocycles. The topological polar surface area (TPSA) is 9.23 Å². The Morgan fingerprint density at radius 1 is 1.55 bits per heavy atom. The highest BCUT2D eigenvalue weighted by atomic mass is 79.9. The van der Waals surface area contributed by atoms with E-state index in [1.165, 1.54) is 5.57 Å². The quantitative estimate of drug-likeness (QED) is 0.394. The molecule has 0 heterocycles. The van der Waals surface area contributed by atoms with E-state index in [4.69, 9.17) is 4.74 Å². The van der Waals surface area contributed by atoms with Crippen molar-refractivity contribution in [1.29, 1.82) is 0 Å². The van der Waals surface area contributed by atoms with Gasteiger partial charge in [-0.3, -0.25) is 0 Å². The molecule has 11 heavy (non-hydrogen) atoms. The number of halogens is 1. The van der Waals surface area contributed by atoms with Crippen LogP contribution in [0.2, 0.25) is 0 Å². The van der Waals surface area contributed by atoms with Gasteiger partial charge >= 0.3 is 0 Å². The van der Waals surface area contributed by atoms with Crippen molar-refractivity contribution < 1.29 is 4.74 Å². The lowest BCUT2D eigenvalue weighted by Gasteiger charge is -2.03. The zero-order valence-corrected chi connectivity index (χ0v) is 9.15. The lowest BCUT2D eigenvalue weighted by Crippen LogP contribution is -2.01. The second-order valence-corrected chi connectivity index (χ2v) is 3.68. The van der Waals surface area contributed by atoms with E-state index in [-0.39, 0.29) is 0 Å². The normalized spacial score (nSPS) is 12.6. The van der Waals surface area contributed by atoms with Gasteiger partial charge < -0.3 is 4.74 Å². The molecule has 0 aliphatic carbocycles. The summed E-state index contributed by atoms with van der Waals surface area (Å²) in [5.74, 6) is 0.632. The molecule has 0 amide bonds. The highest BCUT2D eigenvalue weighted by Gasteiger charge is 1.91. The summed E-state index contributed by atoms with van der Waals surface area (Å²) in [6.45, 7) is 8.00. The molecule has 0 spiro atoms. The zero-order valence-electron chi connectivity index (χ0n) is 7.56. The van der Waals surface area contributed by atoms with Crippen LogP contribution in [-0.2, 0) is 4.74 Å². The average Bonchev–Trinajstić information content (AvgIpc) is 1.97. The molecule has 0 aromatic heterocycles. The summed E-state index contributed by atoms with van der Waals surface area (Å²) < 4.78 is 5.37. The predicted octanol–water partition coefficient (Wildman–Crippen LogP) is 3.00. The van der Waals surface area contributed by atoms with E-state index < -0.39 is 0 Å². The van der Waals surface area contributed by atoms with Crippen molar-refractivity contribution in [3.05, 3.63) is 11.6 Å². The molecule has 0 rings (SSSR count). The monoisotopic (exact) mass is 220 g/mol. The molecule has 0 aromatic carbocycles. The second-order valence-electron chi connectivity index (χ2n) is 3.12. The predicted molar refractivity (Wildman–Crippen MR) is 53.2 cm³/mol. The third-order valence-corrected chi connectivity index (χ3v) is 2.10. The summed E-state index contributed by atoms with van der Waals surface area (Å²) in [4.78, 5) is 0. The van der Waals surface area contributed by atoms with Crippen molar-refractivity contribution in [2.45, 2.75) is 20.8 Å². The van der Waals surface area contributed by atoms with Crippen molar-refractivity contribution in [2.75, 3.05) is 18.5 Å². The van der Waals surface area contributed by atoms with Gasteiger partial charge in [0, 0.05) is 11.9 Å². The molecule has 0 unspecified atom stereocenters. The van der Waals surface area contributed by atoms with Gasteiger partial charge in [-0.25, -0.2) is 0 Å². The van der Waals surface area contributed by atoms with Crippen LogP contribution in [0.25, 0.3) is 0 Å². The molecule has 0 bridgehead atoms.